The summed E-state index contributed by atoms with van der Waals surface area (Å²) in [6, 6.07) is 20.3. The Morgan fingerprint density at radius 3 is 2.32 bits per heavy atom. The van der Waals surface area contributed by atoms with Crippen molar-refractivity contribution < 1.29 is 27.1 Å². The maximum atomic E-state index is 13.1. The molecule has 1 atom stereocenters. The van der Waals surface area contributed by atoms with Crippen LogP contribution in [0.2, 0.25) is 0 Å². The lowest BCUT2D eigenvalue weighted by molar-refractivity contribution is 0.0488. The first-order chi connectivity index (χ1) is 23.7. The summed E-state index contributed by atoms with van der Waals surface area (Å²) in [5, 5.41) is 11.3. The van der Waals surface area contributed by atoms with Gasteiger partial charge in [-0.05, 0) is 70.9 Å². The molecule has 1 unspecified atom stereocenters. The number of amides is 1. The van der Waals surface area contributed by atoms with Crippen molar-refractivity contribution >= 4 is 33.5 Å². The molecule has 13 nitrogen and oxygen atoms in total. The molecule has 14 heteroatoms. The molecule has 0 spiro atoms. The molecule has 0 saturated carbocycles. The van der Waals surface area contributed by atoms with Crippen molar-refractivity contribution in [2.24, 2.45) is 0 Å². The van der Waals surface area contributed by atoms with Crippen molar-refractivity contribution in [1.82, 2.24) is 20.3 Å². The van der Waals surface area contributed by atoms with Gasteiger partial charge in [-0.2, -0.15) is 0 Å². The van der Waals surface area contributed by atoms with E-state index >= 15 is 0 Å². The van der Waals surface area contributed by atoms with Gasteiger partial charge in [-0.1, -0.05) is 48.5 Å². The van der Waals surface area contributed by atoms with Crippen LogP contribution >= 0.6 is 0 Å². The van der Waals surface area contributed by atoms with Crippen LogP contribution in [-0.2, 0) is 21.2 Å². The van der Waals surface area contributed by atoms with E-state index in [0.29, 0.717) is 29.0 Å². The number of aromatic nitrogens is 3. The molecule has 0 fully saturated rings. The molecule has 0 aliphatic heterocycles. The normalized spacial score (nSPS) is 12.2. The number of anilines is 2. The standard InChI is InChI=1S/C36H39N7O6S/c1-22(37)31-34(43-50(45,46)26-14-10-7-11-15-26)39-20-29(41-31)28-19-30(33(38)42-32(28)27-16-17-47-23(27)2)48-21-25(18-24-12-8-6-9-13-24)40-35(44)49-36(3,4)5/h6-17,19-20,25,37H,18,21H2,1-5H3,(H2,38,42)(H,39,43)(H,40,44). The third-order valence-electron chi connectivity index (χ3n) is 7.30. The minimum absolute atomic E-state index is 0.0142. The van der Waals surface area contributed by atoms with E-state index < -0.39 is 27.8 Å². The molecule has 0 saturated heterocycles. The first-order valence-electron chi connectivity index (χ1n) is 15.7. The van der Waals surface area contributed by atoms with Crippen molar-refractivity contribution in [3.8, 4) is 28.3 Å². The Morgan fingerprint density at radius 1 is 1.02 bits per heavy atom. The van der Waals surface area contributed by atoms with Crippen molar-refractivity contribution in [3.05, 3.63) is 102 Å². The molecule has 0 aliphatic carbocycles. The second kappa shape index (κ2) is 14.8. The highest BCUT2D eigenvalue weighted by atomic mass is 32.2. The van der Waals surface area contributed by atoms with Crippen LogP contribution in [0.1, 0.15) is 44.7 Å². The Balaban J connectivity index is 1.52. The van der Waals surface area contributed by atoms with E-state index in [4.69, 9.17) is 25.0 Å². The largest absolute Gasteiger partial charge is 0.488 e. The fourth-order valence-corrected chi connectivity index (χ4v) is 6.05. The zero-order valence-electron chi connectivity index (χ0n) is 28.4. The van der Waals surface area contributed by atoms with Crippen molar-refractivity contribution in [2.75, 3.05) is 17.1 Å². The molecule has 0 bridgehead atoms. The summed E-state index contributed by atoms with van der Waals surface area (Å²) in [6.07, 6.45) is 2.76. The number of benzene rings is 2. The molecule has 0 radical (unpaired) electrons. The summed E-state index contributed by atoms with van der Waals surface area (Å²) in [6.45, 7) is 8.62. The molecular weight excluding hydrogens is 659 g/mol. The molecule has 50 heavy (non-hydrogen) atoms. The van der Waals surface area contributed by atoms with Gasteiger partial charge in [0.05, 0.1) is 40.5 Å². The number of hydrogen-bond donors (Lipinski definition) is 4. The zero-order chi connectivity index (χ0) is 36.1. The van der Waals surface area contributed by atoms with E-state index in [9.17, 15) is 13.2 Å². The topological polar surface area (TPSA) is 195 Å². The number of rotatable bonds is 12. The van der Waals surface area contributed by atoms with Gasteiger partial charge in [-0.15, -0.1) is 0 Å². The fourth-order valence-electron chi connectivity index (χ4n) is 5.01. The maximum Gasteiger partial charge on any atom is 0.408 e. The van der Waals surface area contributed by atoms with E-state index in [2.05, 4.69) is 25.0 Å². The van der Waals surface area contributed by atoms with E-state index in [1.165, 1.54) is 31.5 Å². The number of carbonyl (C=O) groups excluding carboxylic acids is 1. The average molecular weight is 698 g/mol. The molecule has 5 rings (SSSR count). The van der Waals surface area contributed by atoms with Gasteiger partial charge in [-0.25, -0.2) is 28.2 Å². The Hall–Kier alpha value is -5.76. The number of alkyl carbamates (subject to hydrolysis) is 1. The molecule has 3 aromatic heterocycles. The minimum atomic E-state index is -4.01. The maximum absolute atomic E-state index is 13.1. The number of nitrogens with two attached hydrogens (primary N) is 1. The van der Waals surface area contributed by atoms with Gasteiger partial charge in [0.15, 0.2) is 17.4 Å². The summed E-state index contributed by atoms with van der Waals surface area (Å²) < 4.78 is 45.9. The monoisotopic (exact) mass is 697 g/mol. The van der Waals surface area contributed by atoms with Crippen molar-refractivity contribution in [2.45, 2.75) is 57.6 Å². The highest BCUT2D eigenvalue weighted by molar-refractivity contribution is 7.92. The number of aryl methyl sites for hydroxylation is 1. The number of furan rings is 1. The van der Waals surface area contributed by atoms with Gasteiger partial charge in [0, 0.05) is 11.1 Å². The number of hydrogen-bond acceptors (Lipinski definition) is 11. The van der Waals surface area contributed by atoms with Crippen LogP contribution in [0.5, 0.6) is 5.75 Å². The van der Waals surface area contributed by atoms with E-state index in [1.807, 2.05) is 30.3 Å². The zero-order valence-corrected chi connectivity index (χ0v) is 29.2. The number of pyridine rings is 1. The van der Waals surface area contributed by atoms with E-state index in [0.717, 1.165) is 5.56 Å². The molecule has 3 heterocycles. The van der Waals surface area contributed by atoms with Gasteiger partial charge in [0.25, 0.3) is 10.0 Å². The average Bonchev–Trinajstić information content (AvgIpc) is 3.49. The molecule has 1 amide bonds. The van der Waals surface area contributed by atoms with Gasteiger partial charge in [0.1, 0.15) is 23.7 Å². The Bertz CT molecular complexity index is 2100. The molecule has 2 aromatic carbocycles. The molecule has 0 aliphatic rings. The van der Waals surface area contributed by atoms with E-state index in [1.54, 1.807) is 58.0 Å². The lowest BCUT2D eigenvalue weighted by Crippen LogP contribution is -2.43. The van der Waals surface area contributed by atoms with Crippen LogP contribution in [0.4, 0.5) is 16.4 Å². The summed E-state index contributed by atoms with van der Waals surface area (Å²) in [5.41, 5.74) is 8.47. The Labute approximate surface area is 290 Å². The number of ether oxygens (including phenoxy) is 2. The second-order valence-electron chi connectivity index (χ2n) is 12.5. The van der Waals surface area contributed by atoms with Crippen LogP contribution in [0.15, 0.2) is 94.6 Å². The lowest BCUT2D eigenvalue weighted by atomic mass is 10.0. The van der Waals surface area contributed by atoms with Gasteiger partial charge in [0.2, 0.25) is 0 Å². The molecular formula is C36H39N7O6S. The van der Waals surface area contributed by atoms with Crippen LogP contribution in [0.25, 0.3) is 22.5 Å². The highest BCUT2D eigenvalue weighted by Crippen LogP contribution is 2.37. The minimum Gasteiger partial charge on any atom is -0.488 e. The number of nitrogen functional groups attached to an aromatic ring is 1. The quantitative estimate of drug-likeness (QED) is 0.106. The lowest BCUT2D eigenvalue weighted by Gasteiger charge is -2.24. The number of nitrogens with one attached hydrogen (secondary N) is 3. The summed E-state index contributed by atoms with van der Waals surface area (Å²) in [4.78, 5) is 26.5. The molecule has 260 valence electrons. The smallest absolute Gasteiger partial charge is 0.408 e. The second-order valence-corrected chi connectivity index (χ2v) is 14.2. The molecule has 5 aromatic rings. The van der Waals surface area contributed by atoms with Crippen molar-refractivity contribution in [1.29, 1.82) is 5.41 Å². The first kappa shape index (κ1) is 35.5. The number of nitrogens with zero attached hydrogens (tertiary/aromatic N) is 3. The predicted molar refractivity (Wildman–Crippen MR) is 191 cm³/mol. The van der Waals surface area contributed by atoms with E-state index in [-0.39, 0.29) is 46.0 Å². The summed E-state index contributed by atoms with van der Waals surface area (Å²) in [7, 11) is -4.01. The van der Waals surface area contributed by atoms with Crippen LogP contribution in [-0.4, -0.2) is 53.4 Å². The third kappa shape index (κ3) is 8.82. The predicted octanol–water partition coefficient (Wildman–Crippen LogP) is 6.39. The van der Waals surface area contributed by atoms with Crippen LogP contribution in [0, 0.1) is 12.3 Å². The number of sulfonamides is 1. The highest BCUT2D eigenvalue weighted by Gasteiger charge is 2.24. The number of carbonyl (C=O) groups is 1. The van der Waals surface area contributed by atoms with Gasteiger partial charge < -0.3 is 30.4 Å². The van der Waals surface area contributed by atoms with Crippen molar-refractivity contribution in [3.63, 3.8) is 0 Å². The Morgan fingerprint density at radius 2 is 1.70 bits per heavy atom. The van der Waals surface area contributed by atoms with Gasteiger partial charge >= 0.3 is 6.09 Å². The summed E-state index contributed by atoms with van der Waals surface area (Å²) in [5.74, 6) is 0.740. The molecule has 5 N–H and O–H groups in total. The van der Waals surface area contributed by atoms with Gasteiger partial charge in [-0.3, -0.25) is 4.72 Å². The SMILES string of the molecule is CC(=N)c1nc(-c2cc(OCC(Cc3ccccc3)NC(=O)OC(C)(C)C)c(N)nc2-c2ccoc2C)cnc1NS(=O)(=O)c1ccccc1. The fraction of sp³-hybridized carbons (Fsp3) is 0.250. The first-order valence-corrected chi connectivity index (χ1v) is 17.2. The Kier molecular flexibility index (Phi) is 10.5. The third-order valence-corrected chi connectivity index (χ3v) is 8.66. The summed E-state index contributed by atoms with van der Waals surface area (Å²) >= 11 is 0. The van der Waals surface area contributed by atoms with Crippen LogP contribution < -0.4 is 20.5 Å². The van der Waals surface area contributed by atoms with Crippen LogP contribution in [0.3, 0.4) is 0 Å².